The predicted molar refractivity (Wildman–Crippen MR) is 87.5 cm³/mol. The zero-order valence-corrected chi connectivity index (χ0v) is 13.0. The fraction of sp³-hybridized carbons (Fsp3) is 0.294. The van der Waals surface area contributed by atoms with Crippen LogP contribution >= 0.6 is 0 Å². The van der Waals surface area contributed by atoms with Gasteiger partial charge in [-0.05, 0) is 30.8 Å². The Hall–Kier alpha value is -2.20. The van der Waals surface area contributed by atoms with E-state index in [-0.39, 0.29) is 0 Å². The number of hydrogen-bond donors (Lipinski definition) is 1. The monoisotopic (exact) mass is 281 g/mol. The van der Waals surface area contributed by atoms with Crippen molar-refractivity contribution in [2.24, 2.45) is 7.05 Å². The summed E-state index contributed by atoms with van der Waals surface area (Å²) in [5, 5.41) is 3.19. The van der Waals surface area contributed by atoms with Gasteiger partial charge in [-0.15, -0.1) is 0 Å². The van der Waals surface area contributed by atoms with E-state index in [9.17, 15) is 0 Å². The SMILES string of the molecule is CNCc1ccc2nc3ccc(N(C)C)cc3[n+](C)c2c1. The van der Waals surface area contributed by atoms with E-state index in [1.54, 1.807) is 0 Å². The molecule has 0 aliphatic rings. The molecule has 1 aromatic heterocycles. The lowest BCUT2D eigenvalue weighted by molar-refractivity contribution is -0.617. The van der Waals surface area contributed by atoms with E-state index in [4.69, 9.17) is 4.98 Å². The van der Waals surface area contributed by atoms with E-state index in [0.717, 1.165) is 28.6 Å². The molecular weight excluding hydrogens is 260 g/mol. The van der Waals surface area contributed by atoms with Crippen molar-refractivity contribution in [2.45, 2.75) is 6.54 Å². The molecule has 0 saturated heterocycles. The largest absolute Gasteiger partial charge is 0.377 e. The minimum absolute atomic E-state index is 0.867. The first-order valence-electron chi connectivity index (χ1n) is 7.14. The van der Waals surface area contributed by atoms with E-state index in [1.165, 1.54) is 11.3 Å². The highest BCUT2D eigenvalue weighted by atomic mass is 15.1. The van der Waals surface area contributed by atoms with Crippen LogP contribution in [0.1, 0.15) is 5.56 Å². The second-order valence-electron chi connectivity index (χ2n) is 5.59. The first-order chi connectivity index (χ1) is 10.1. The summed E-state index contributed by atoms with van der Waals surface area (Å²) in [7, 11) is 8.18. The molecule has 0 atom stereocenters. The van der Waals surface area contributed by atoms with Crippen molar-refractivity contribution < 1.29 is 4.57 Å². The van der Waals surface area contributed by atoms with Crippen LogP contribution in [0.25, 0.3) is 22.1 Å². The van der Waals surface area contributed by atoms with Crippen LogP contribution in [-0.2, 0) is 13.6 Å². The van der Waals surface area contributed by atoms with Gasteiger partial charge >= 0.3 is 0 Å². The minimum atomic E-state index is 0.867. The molecule has 4 heteroatoms. The van der Waals surface area contributed by atoms with E-state index in [1.807, 2.05) is 7.05 Å². The molecule has 2 aromatic carbocycles. The first kappa shape index (κ1) is 13.8. The molecule has 1 heterocycles. The van der Waals surface area contributed by atoms with Gasteiger partial charge in [0.15, 0.2) is 0 Å². The summed E-state index contributed by atoms with van der Waals surface area (Å²) >= 11 is 0. The molecule has 0 radical (unpaired) electrons. The summed E-state index contributed by atoms with van der Waals surface area (Å²) in [4.78, 5) is 6.89. The lowest BCUT2D eigenvalue weighted by Crippen LogP contribution is -2.31. The molecule has 4 nitrogen and oxygen atoms in total. The lowest BCUT2D eigenvalue weighted by Gasteiger charge is -2.12. The summed E-state index contributed by atoms with van der Waals surface area (Å²) in [6.07, 6.45) is 0. The molecule has 0 spiro atoms. The van der Waals surface area contributed by atoms with Gasteiger partial charge in [0.05, 0.1) is 0 Å². The van der Waals surface area contributed by atoms with Crippen LogP contribution in [0, 0.1) is 0 Å². The Morgan fingerprint density at radius 3 is 2.38 bits per heavy atom. The van der Waals surface area contributed by atoms with Crippen molar-refractivity contribution in [2.75, 3.05) is 26.0 Å². The molecular formula is C17H21N4+. The third kappa shape index (κ3) is 2.43. The van der Waals surface area contributed by atoms with Crippen LogP contribution in [0.3, 0.4) is 0 Å². The number of nitrogens with zero attached hydrogens (tertiary/aromatic N) is 3. The maximum atomic E-state index is 4.78. The van der Waals surface area contributed by atoms with Crippen molar-refractivity contribution >= 4 is 27.8 Å². The number of nitrogens with one attached hydrogen (secondary N) is 1. The molecule has 0 unspecified atom stereocenters. The van der Waals surface area contributed by atoms with Crippen LogP contribution < -0.4 is 14.8 Å². The highest BCUT2D eigenvalue weighted by Crippen LogP contribution is 2.20. The fourth-order valence-corrected chi connectivity index (χ4v) is 2.66. The smallest absolute Gasteiger partial charge is 0.233 e. The van der Waals surface area contributed by atoms with Crippen LogP contribution in [0.2, 0.25) is 0 Å². The van der Waals surface area contributed by atoms with Gasteiger partial charge < -0.3 is 10.2 Å². The van der Waals surface area contributed by atoms with Crippen molar-refractivity contribution in [3.8, 4) is 0 Å². The van der Waals surface area contributed by atoms with Gasteiger partial charge in [0.25, 0.3) is 0 Å². The number of aromatic nitrogens is 2. The second kappa shape index (κ2) is 5.30. The zero-order valence-electron chi connectivity index (χ0n) is 13.0. The molecule has 21 heavy (non-hydrogen) atoms. The summed E-state index contributed by atoms with van der Waals surface area (Å²) < 4.78 is 2.23. The van der Waals surface area contributed by atoms with Gasteiger partial charge in [-0.3, -0.25) is 0 Å². The van der Waals surface area contributed by atoms with Crippen LogP contribution in [0.15, 0.2) is 36.4 Å². The summed E-state index contributed by atoms with van der Waals surface area (Å²) in [6, 6.07) is 12.8. The van der Waals surface area contributed by atoms with Gasteiger partial charge in [0, 0.05) is 38.5 Å². The molecule has 1 N–H and O–H groups in total. The summed E-state index contributed by atoms with van der Waals surface area (Å²) in [6.45, 7) is 0.867. The zero-order chi connectivity index (χ0) is 15.0. The Kier molecular flexibility index (Phi) is 3.47. The first-order valence-corrected chi connectivity index (χ1v) is 7.14. The molecule has 3 rings (SSSR count). The van der Waals surface area contributed by atoms with Crippen molar-refractivity contribution in [3.05, 3.63) is 42.0 Å². The number of anilines is 1. The number of aryl methyl sites for hydroxylation is 1. The molecule has 0 fully saturated rings. The Morgan fingerprint density at radius 1 is 1.05 bits per heavy atom. The maximum Gasteiger partial charge on any atom is 0.233 e. The van der Waals surface area contributed by atoms with Gasteiger partial charge in [-0.25, -0.2) is 4.98 Å². The summed E-state index contributed by atoms with van der Waals surface area (Å²) in [5.41, 5.74) is 6.82. The molecule has 0 saturated carbocycles. The van der Waals surface area contributed by atoms with Crippen molar-refractivity contribution in [1.82, 2.24) is 10.3 Å². The number of rotatable bonds is 3. The van der Waals surface area contributed by atoms with Crippen molar-refractivity contribution in [1.29, 1.82) is 0 Å². The Bertz CT molecular complexity index is 809. The summed E-state index contributed by atoms with van der Waals surface area (Å²) in [5.74, 6) is 0. The molecule has 0 aliphatic carbocycles. The molecule has 108 valence electrons. The Labute approximate surface area is 125 Å². The third-order valence-corrected chi connectivity index (χ3v) is 3.86. The average molecular weight is 281 g/mol. The second-order valence-corrected chi connectivity index (χ2v) is 5.59. The van der Waals surface area contributed by atoms with E-state index < -0.39 is 0 Å². The van der Waals surface area contributed by atoms with Gasteiger partial charge in [0.2, 0.25) is 11.0 Å². The molecule has 0 aliphatic heterocycles. The van der Waals surface area contributed by atoms with E-state index >= 15 is 0 Å². The van der Waals surface area contributed by atoms with Crippen molar-refractivity contribution in [3.63, 3.8) is 0 Å². The van der Waals surface area contributed by atoms with Gasteiger partial charge in [-0.2, -0.15) is 4.57 Å². The quantitative estimate of drug-likeness (QED) is 0.588. The van der Waals surface area contributed by atoms with Gasteiger partial charge in [0.1, 0.15) is 18.1 Å². The number of benzene rings is 2. The fourth-order valence-electron chi connectivity index (χ4n) is 2.66. The number of hydrogen-bond acceptors (Lipinski definition) is 3. The van der Waals surface area contributed by atoms with E-state index in [2.05, 4.69) is 72.3 Å². The Balaban J connectivity index is 2.28. The maximum absolute atomic E-state index is 4.78. The molecule has 0 bridgehead atoms. The third-order valence-electron chi connectivity index (χ3n) is 3.86. The van der Waals surface area contributed by atoms with Crippen LogP contribution in [-0.4, -0.2) is 26.1 Å². The van der Waals surface area contributed by atoms with Crippen LogP contribution in [0.4, 0.5) is 5.69 Å². The number of fused-ring (bicyclic) bond motifs is 2. The standard InChI is InChI=1S/C17H21N4/c1-18-11-12-5-7-14-16(9-12)21(4)17-10-13(20(2)3)6-8-15(17)19-14/h5-10,18H,11H2,1-4H3/q+1. The minimum Gasteiger partial charge on any atom is -0.377 e. The van der Waals surface area contributed by atoms with Crippen LogP contribution in [0.5, 0.6) is 0 Å². The molecule has 0 amide bonds. The lowest BCUT2D eigenvalue weighted by atomic mass is 10.1. The average Bonchev–Trinajstić information content (AvgIpc) is 2.48. The van der Waals surface area contributed by atoms with E-state index in [0.29, 0.717) is 0 Å². The topological polar surface area (TPSA) is 32.0 Å². The Morgan fingerprint density at radius 2 is 1.71 bits per heavy atom. The normalized spacial score (nSPS) is 11.2. The highest BCUT2D eigenvalue weighted by molar-refractivity contribution is 5.83. The van der Waals surface area contributed by atoms with Gasteiger partial charge in [-0.1, -0.05) is 6.07 Å². The highest BCUT2D eigenvalue weighted by Gasteiger charge is 2.14. The molecule has 3 aromatic rings. The predicted octanol–water partition coefficient (Wildman–Crippen LogP) is 2.00.